The summed E-state index contributed by atoms with van der Waals surface area (Å²) in [4.78, 5) is 36.8. The van der Waals surface area contributed by atoms with Crippen molar-refractivity contribution in [2.24, 2.45) is 31.9 Å². The summed E-state index contributed by atoms with van der Waals surface area (Å²) < 4.78 is 5.99. The normalized spacial score (nSPS) is 15.2. The number of nitrogens with one attached hydrogen (secondary N) is 2. The van der Waals surface area contributed by atoms with E-state index < -0.39 is 0 Å². The minimum atomic E-state index is -0.376. The Morgan fingerprint density at radius 1 is 0.562 bits per heavy atom. The van der Waals surface area contributed by atoms with Crippen molar-refractivity contribution >= 4 is 52.1 Å². The number of aromatic amines is 2. The monoisotopic (exact) mass is 630 g/mol. The summed E-state index contributed by atoms with van der Waals surface area (Å²) in [6.45, 7) is 0. The Kier molecular flexibility index (Phi) is 6.14. The molecular formula is C36H30N12. The smallest absolute Gasteiger partial charge is 0.143 e. The van der Waals surface area contributed by atoms with Crippen molar-refractivity contribution in [2.45, 2.75) is 6.04 Å². The zero-order valence-corrected chi connectivity index (χ0v) is 26.4. The van der Waals surface area contributed by atoms with Gasteiger partial charge in [-0.3, -0.25) is 4.99 Å². The van der Waals surface area contributed by atoms with Crippen LogP contribution in [0.5, 0.6) is 0 Å². The molecule has 0 fully saturated rings. The number of aryl methyl sites for hydroxylation is 3. The molecule has 6 aromatic rings. The number of hydrogen-bond acceptors (Lipinski definition) is 7. The molecule has 4 N–H and O–H groups in total. The van der Waals surface area contributed by atoms with Gasteiger partial charge in [0.25, 0.3) is 0 Å². The van der Waals surface area contributed by atoms with E-state index in [0.717, 1.165) is 90.3 Å². The standard InChI is InChI=1S/C36H30N12/c1-46-17-14-39-34(46)30-23-6-4-21(42-23)29(33-20(37)12-13-38-33)22-5-7-24(43-22)31(35-40-15-18-47(35)2)26-9-11-28(45-26)32(27-10-8-25(30)44-27)36-41-16-19-48(36)3/h4-20,42,45H,37H2,1-3H3. The first-order chi connectivity index (χ1) is 23.4. The van der Waals surface area contributed by atoms with E-state index in [4.69, 9.17) is 35.6 Å². The molecule has 3 aliphatic rings. The highest BCUT2D eigenvalue weighted by molar-refractivity contribution is 6.14. The third-order valence-corrected chi connectivity index (χ3v) is 8.97. The van der Waals surface area contributed by atoms with Crippen molar-refractivity contribution in [3.63, 3.8) is 0 Å². The van der Waals surface area contributed by atoms with Crippen LogP contribution in [0.3, 0.4) is 0 Å². The fourth-order valence-corrected chi connectivity index (χ4v) is 6.62. The number of aliphatic imine (C=N–C) groups is 1. The molecule has 3 aliphatic heterocycles. The molecule has 0 aromatic carbocycles. The van der Waals surface area contributed by atoms with Crippen LogP contribution in [-0.4, -0.2) is 60.3 Å². The number of nitrogens with two attached hydrogens (primary N) is 1. The molecule has 0 amide bonds. The second-order valence-electron chi connectivity index (χ2n) is 12.0. The fourth-order valence-electron chi connectivity index (χ4n) is 6.62. The Labute approximate surface area is 274 Å². The van der Waals surface area contributed by atoms with Crippen LogP contribution in [0.4, 0.5) is 0 Å². The third-order valence-electron chi connectivity index (χ3n) is 8.97. The Morgan fingerprint density at radius 2 is 0.938 bits per heavy atom. The first-order valence-corrected chi connectivity index (χ1v) is 15.5. The number of aromatic nitrogens is 10. The van der Waals surface area contributed by atoms with E-state index >= 15 is 0 Å². The number of H-pyrrole nitrogens is 2. The molecule has 0 saturated heterocycles. The maximum atomic E-state index is 6.58. The number of rotatable bonds is 4. The molecule has 12 heteroatoms. The quantitative estimate of drug-likeness (QED) is 0.234. The predicted octanol–water partition coefficient (Wildman–Crippen LogP) is 5.50. The van der Waals surface area contributed by atoms with E-state index in [1.165, 1.54) is 0 Å². The van der Waals surface area contributed by atoms with Crippen LogP contribution in [0.2, 0.25) is 0 Å². The molecule has 0 spiro atoms. The molecular weight excluding hydrogens is 600 g/mol. The van der Waals surface area contributed by atoms with Crippen molar-refractivity contribution in [2.75, 3.05) is 0 Å². The van der Waals surface area contributed by atoms with Gasteiger partial charge in [0, 0.05) is 75.6 Å². The summed E-state index contributed by atoms with van der Waals surface area (Å²) in [6, 6.07) is 7.85. The van der Waals surface area contributed by atoms with Crippen molar-refractivity contribution < 1.29 is 0 Å². The Hall–Kier alpha value is -6.40. The summed E-state index contributed by atoms with van der Waals surface area (Å²) >= 11 is 0. The number of imidazole rings is 3. The van der Waals surface area contributed by atoms with Gasteiger partial charge in [0.2, 0.25) is 0 Å². The van der Waals surface area contributed by atoms with E-state index in [-0.39, 0.29) is 6.04 Å². The first-order valence-electron chi connectivity index (χ1n) is 15.5. The summed E-state index contributed by atoms with van der Waals surface area (Å²) in [5, 5.41) is 0. The zero-order chi connectivity index (χ0) is 32.5. The summed E-state index contributed by atoms with van der Waals surface area (Å²) in [5.41, 5.74) is 17.2. The van der Waals surface area contributed by atoms with Gasteiger partial charge in [-0.15, -0.1) is 0 Å². The van der Waals surface area contributed by atoms with Gasteiger partial charge in [-0.25, -0.2) is 24.9 Å². The second kappa shape index (κ2) is 10.6. The van der Waals surface area contributed by atoms with Gasteiger partial charge < -0.3 is 29.4 Å². The highest BCUT2D eigenvalue weighted by Gasteiger charge is 2.24. The number of fused-ring (bicyclic) bond motifs is 8. The number of hydrogen-bond donors (Lipinski definition) is 3. The van der Waals surface area contributed by atoms with Gasteiger partial charge in [0.05, 0.1) is 67.8 Å². The average molecular weight is 631 g/mol. The fraction of sp³-hybridized carbons (Fsp3) is 0.111. The largest absolute Gasteiger partial charge is 0.354 e. The molecule has 48 heavy (non-hydrogen) atoms. The SMILES string of the molecule is Cn1ccnc1-c1c2nc(c(-c3nccn3C)c3ccc([nH]3)c(-c3nccn3C)c3nc(c(C4=NC=CC4N)c4ccc1[nH]4)C=C3)C=C2. The lowest BCUT2D eigenvalue weighted by molar-refractivity contribution is 0.922. The van der Waals surface area contributed by atoms with Crippen LogP contribution < -0.4 is 5.73 Å². The Morgan fingerprint density at radius 3 is 1.27 bits per heavy atom. The van der Waals surface area contributed by atoms with E-state index in [1.807, 2.05) is 89.9 Å². The van der Waals surface area contributed by atoms with Crippen LogP contribution in [0.1, 0.15) is 28.3 Å². The van der Waals surface area contributed by atoms with Crippen LogP contribution >= 0.6 is 0 Å². The summed E-state index contributed by atoms with van der Waals surface area (Å²) in [7, 11) is 5.95. The van der Waals surface area contributed by atoms with Gasteiger partial charge in [0.1, 0.15) is 17.5 Å². The van der Waals surface area contributed by atoms with Gasteiger partial charge >= 0.3 is 0 Å². The third kappa shape index (κ3) is 4.27. The molecule has 12 nitrogen and oxygen atoms in total. The Balaban J connectivity index is 1.49. The maximum absolute atomic E-state index is 6.58. The van der Waals surface area contributed by atoms with Crippen molar-refractivity contribution in [3.05, 3.63) is 102 Å². The molecule has 9 heterocycles. The van der Waals surface area contributed by atoms with Crippen molar-refractivity contribution in [1.29, 1.82) is 0 Å². The lowest BCUT2D eigenvalue weighted by atomic mass is 10.0. The molecule has 0 radical (unpaired) electrons. The van der Waals surface area contributed by atoms with E-state index in [9.17, 15) is 0 Å². The van der Waals surface area contributed by atoms with Crippen LogP contribution in [0, 0.1) is 0 Å². The lowest BCUT2D eigenvalue weighted by Gasteiger charge is -2.09. The second-order valence-corrected chi connectivity index (χ2v) is 12.0. The topological polar surface area (TPSA) is 149 Å². The molecule has 9 rings (SSSR count). The van der Waals surface area contributed by atoms with Gasteiger partial charge in [-0.1, -0.05) is 0 Å². The van der Waals surface area contributed by atoms with E-state index in [1.54, 1.807) is 24.8 Å². The number of nitrogens with zero attached hydrogens (tertiary/aromatic N) is 9. The highest BCUT2D eigenvalue weighted by Crippen LogP contribution is 2.36. The summed E-state index contributed by atoms with van der Waals surface area (Å²) in [5.74, 6) is 2.33. The van der Waals surface area contributed by atoms with Gasteiger partial charge in [-0.2, -0.15) is 0 Å². The van der Waals surface area contributed by atoms with E-state index in [2.05, 4.69) is 28.2 Å². The molecule has 6 aromatic heterocycles. The molecule has 1 atom stereocenters. The van der Waals surface area contributed by atoms with Crippen molar-refractivity contribution in [1.82, 2.24) is 48.6 Å². The highest BCUT2D eigenvalue weighted by atomic mass is 15.1. The van der Waals surface area contributed by atoms with Crippen molar-refractivity contribution in [3.8, 4) is 34.2 Å². The van der Waals surface area contributed by atoms with Gasteiger partial charge in [0.15, 0.2) is 0 Å². The Bertz CT molecular complexity index is 2540. The maximum Gasteiger partial charge on any atom is 0.143 e. The first kappa shape index (κ1) is 27.9. The molecule has 234 valence electrons. The van der Waals surface area contributed by atoms with Gasteiger partial charge in [-0.05, 0) is 54.6 Å². The molecule has 0 saturated carbocycles. The van der Waals surface area contributed by atoms with Crippen LogP contribution in [-0.2, 0) is 21.1 Å². The minimum absolute atomic E-state index is 0.376. The summed E-state index contributed by atoms with van der Waals surface area (Å²) in [6.07, 6.45) is 22.9. The lowest BCUT2D eigenvalue weighted by Crippen LogP contribution is -2.27. The molecule has 8 bridgehead atoms. The van der Waals surface area contributed by atoms with Crippen LogP contribution in [0.15, 0.2) is 78.7 Å². The van der Waals surface area contributed by atoms with Crippen LogP contribution in [0.25, 0.3) is 80.5 Å². The van der Waals surface area contributed by atoms with E-state index in [0.29, 0.717) is 0 Å². The zero-order valence-electron chi connectivity index (χ0n) is 26.4. The minimum Gasteiger partial charge on any atom is -0.354 e. The molecule has 0 aliphatic carbocycles. The molecule has 1 unspecified atom stereocenters. The average Bonchev–Trinajstić information content (AvgIpc) is 3.91. The predicted molar refractivity (Wildman–Crippen MR) is 189 cm³/mol.